The number of para-hydroxylation sites is 1. The molecule has 2 heterocycles. The molecule has 0 spiro atoms. The molecule has 124 valence electrons. The highest BCUT2D eigenvalue weighted by Crippen LogP contribution is 2.32. The smallest absolute Gasteiger partial charge is 0.261 e. The predicted molar refractivity (Wildman–Crippen MR) is 98.4 cm³/mol. The van der Waals surface area contributed by atoms with Gasteiger partial charge >= 0.3 is 0 Å². The fourth-order valence-electron chi connectivity index (χ4n) is 3.27. The molecule has 4 nitrogen and oxygen atoms in total. The molecule has 0 unspecified atom stereocenters. The lowest BCUT2D eigenvalue weighted by molar-refractivity contribution is 0.0942. The largest absolute Gasteiger partial charge is 0.349 e. The van der Waals surface area contributed by atoms with Gasteiger partial charge in [0.05, 0.1) is 21.3 Å². The van der Waals surface area contributed by atoms with Crippen molar-refractivity contribution >= 4 is 39.1 Å². The van der Waals surface area contributed by atoms with Gasteiger partial charge in [0.1, 0.15) is 4.83 Å². The minimum Gasteiger partial charge on any atom is -0.349 e. The van der Waals surface area contributed by atoms with Crippen LogP contribution in [-0.4, -0.2) is 21.7 Å². The van der Waals surface area contributed by atoms with Crippen LogP contribution in [0.25, 0.3) is 15.9 Å². The third kappa shape index (κ3) is 2.72. The van der Waals surface area contributed by atoms with Crippen molar-refractivity contribution in [3.05, 3.63) is 45.9 Å². The summed E-state index contributed by atoms with van der Waals surface area (Å²) in [5.74, 6) is 0.0215. The van der Waals surface area contributed by atoms with Gasteiger partial charge in [0, 0.05) is 11.4 Å². The Hall–Kier alpha value is -1.85. The molecule has 1 aliphatic rings. The van der Waals surface area contributed by atoms with Gasteiger partial charge in [-0.1, -0.05) is 36.6 Å². The van der Waals surface area contributed by atoms with Crippen LogP contribution in [0.2, 0.25) is 5.02 Å². The molecule has 3 aromatic rings. The number of nitrogens with one attached hydrogen (secondary N) is 1. The van der Waals surface area contributed by atoms with E-state index in [1.165, 1.54) is 24.2 Å². The highest BCUT2D eigenvalue weighted by molar-refractivity contribution is 7.20. The maximum atomic E-state index is 12.5. The van der Waals surface area contributed by atoms with Gasteiger partial charge in [0.15, 0.2) is 0 Å². The quantitative estimate of drug-likeness (QED) is 0.735. The van der Waals surface area contributed by atoms with Gasteiger partial charge in [-0.15, -0.1) is 11.3 Å². The van der Waals surface area contributed by atoms with Crippen molar-refractivity contribution < 1.29 is 4.79 Å². The van der Waals surface area contributed by atoms with Crippen LogP contribution in [0.5, 0.6) is 0 Å². The fourth-order valence-corrected chi connectivity index (χ4v) is 4.57. The molecule has 24 heavy (non-hydrogen) atoms. The number of hydrogen-bond acceptors (Lipinski definition) is 3. The van der Waals surface area contributed by atoms with Crippen LogP contribution in [0.15, 0.2) is 30.3 Å². The molecule has 1 N–H and O–H groups in total. The predicted octanol–water partition coefficient (Wildman–Crippen LogP) is 4.72. The van der Waals surface area contributed by atoms with Crippen molar-refractivity contribution in [3.8, 4) is 5.69 Å². The third-order valence-corrected chi connectivity index (χ3v) is 5.97. The summed E-state index contributed by atoms with van der Waals surface area (Å²) in [7, 11) is 0. The van der Waals surface area contributed by atoms with E-state index < -0.39 is 0 Å². The number of halogens is 1. The third-order valence-electron chi connectivity index (χ3n) is 4.54. The number of benzene rings is 1. The van der Waals surface area contributed by atoms with Gasteiger partial charge in [-0.2, -0.15) is 5.10 Å². The molecular weight excluding hydrogens is 342 g/mol. The molecule has 0 radical (unpaired) electrons. The first-order valence-corrected chi connectivity index (χ1v) is 9.38. The fraction of sp³-hybridized carbons (Fsp3) is 0.333. The monoisotopic (exact) mass is 359 g/mol. The van der Waals surface area contributed by atoms with Gasteiger partial charge in [0.2, 0.25) is 0 Å². The standard InChI is InChI=1S/C18H18ClN3OS/c1-11-13-10-16(17(23)20-12-6-2-3-7-12)24-18(13)22(21-11)15-9-5-4-8-14(15)19/h4-5,8-10,12H,2-3,6-7H2,1H3,(H,20,23). The maximum Gasteiger partial charge on any atom is 0.261 e. The number of aromatic nitrogens is 2. The van der Waals surface area contributed by atoms with E-state index in [1.807, 2.05) is 41.9 Å². The zero-order chi connectivity index (χ0) is 16.7. The van der Waals surface area contributed by atoms with E-state index in [2.05, 4.69) is 10.4 Å². The van der Waals surface area contributed by atoms with Crippen LogP contribution in [0, 0.1) is 6.92 Å². The second-order valence-corrected chi connectivity index (χ2v) is 7.67. The van der Waals surface area contributed by atoms with Crippen molar-refractivity contribution in [1.82, 2.24) is 15.1 Å². The van der Waals surface area contributed by atoms with Gasteiger partial charge in [-0.05, 0) is 38.0 Å². The van der Waals surface area contributed by atoms with Crippen LogP contribution in [-0.2, 0) is 0 Å². The van der Waals surface area contributed by atoms with Crippen LogP contribution < -0.4 is 5.32 Å². The summed E-state index contributed by atoms with van der Waals surface area (Å²) < 4.78 is 1.84. The Balaban J connectivity index is 1.72. The zero-order valence-electron chi connectivity index (χ0n) is 13.4. The molecule has 0 aliphatic heterocycles. The van der Waals surface area contributed by atoms with Crippen LogP contribution in [0.4, 0.5) is 0 Å². The maximum absolute atomic E-state index is 12.5. The normalized spacial score (nSPS) is 15.2. The molecule has 0 saturated heterocycles. The summed E-state index contributed by atoms with van der Waals surface area (Å²) in [5, 5.41) is 9.40. The zero-order valence-corrected chi connectivity index (χ0v) is 15.0. The Morgan fingerprint density at radius 2 is 2.08 bits per heavy atom. The molecule has 1 aliphatic carbocycles. The van der Waals surface area contributed by atoms with E-state index in [0.29, 0.717) is 11.1 Å². The number of aryl methyl sites for hydroxylation is 1. The topological polar surface area (TPSA) is 46.9 Å². The molecule has 0 bridgehead atoms. The SMILES string of the molecule is Cc1nn(-c2ccccc2Cl)c2sc(C(=O)NC3CCCC3)cc12. The highest BCUT2D eigenvalue weighted by atomic mass is 35.5. The molecule has 4 rings (SSSR count). The molecule has 0 atom stereocenters. The average molecular weight is 360 g/mol. The molecule has 1 saturated carbocycles. The van der Waals surface area contributed by atoms with Crippen LogP contribution >= 0.6 is 22.9 Å². The summed E-state index contributed by atoms with van der Waals surface area (Å²) in [6, 6.07) is 9.89. The van der Waals surface area contributed by atoms with Crippen molar-refractivity contribution in [3.63, 3.8) is 0 Å². The van der Waals surface area contributed by atoms with Gasteiger partial charge in [-0.25, -0.2) is 4.68 Å². The van der Waals surface area contributed by atoms with Crippen molar-refractivity contribution in [2.75, 3.05) is 0 Å². The first-order valence-electron chi connectivity index (χ1n) is 8.18. The van der Waals surface area contributed by atoms with E-state index in [-0.39, 0.29) is 5.91 Å². The minimum atomic E-state index is 0.0215. The number of carbonyl (C=O) groups is 1. The number of fused-ring (bicyclic) bond motifs is 1. The van der Waals surface area contributed by atoms with Crippen LogP contribution in [0.1, 0.15) is 41.0 Å². The van der Waals surface area contributed by atoms with Crippen molar-refractivity contribution in [2.24, 2.45) is 0 Å². The lowest BCUT2D eigenvalue weighted by Gasteiger charge is -2.10. The minimum absolute atomic E-state index is 0.0215. The Labute approximate surface area is 149 Å². The van der Waals surface area contributed by atoms with Crippen molar-refractivity contribution in [1.29, 1.82) is 0 Å². The summed E-state index contributed by atoms with van der Waals surface area (Å²) in [5.41, 5.74) is 1.74. The number of thiophene rings is 1. The first kappa shape index (κ1) is 15.7. The Morgan fingerprint density at radius 3 is 2.83 bits per heavy atom. The summed E-state index contributed by atoms with van der Waals surface area (Å²) >= 11 is 7.79. The summed E-state index contributed by atoms with van der Waals surface area (Å²) in [4.78, 5) is 14.2. The Morgan fingerprint density at radius 1 is 1.33 bits per heavy atom. The second kappa shape index (κ2) is 6.22. The lowest BCUT2D eigenvalue weighted by atomic mass is 10.2. The van der Waals surface area contributed by atoms with E-state index >= 15 is 0 Å². The number of hydrogen-bond donors (Lipinski definition) is 1. The first-order chi connectivity index (χ1) is 11.6. The molecule has 2 aromatic heterocycles. The number of nitrogens with zero attached hydrogens (tertiary/aromatic N) is 2. The van der Waals surface area contributed by atoms with Gasteiger partial charge in [0.25, 0.3) is 5.91 Å². The molecule has 1 amide bonds. The van der Waals surface area contributed by atoms with E-state index in [9.17, 15) is 4.79 Å². The number of rotatable bonds is 3. The molecule has 1 fully saturated rings. The molecule has 1 aromatic carbocycles. The Kier molecular flexibility index (Phi) is 4.06. The average Bonchev–Trinajstić information content (AvgIpc) is 3.27. The summed E-state index contributed by atoms with van der Waals surface area (Å²) in [6.07, 6.45) is 4.59. The molecule has 6 heteroatoms. The summed E-state index contributed by atoms with van der Waals surface area (Å²) in [6.45, 7) is 1.96. The van der Waals surface area contributed by atoms with E-state index in [4.69, 9.17) is 11.6 Å². The number of carbonyl (C=O) groups excluding carboxylic acids is 1. The molecular formula is C18H18ClN3OS. The van der Waals surface area contributed by atoms with Crippen molar-refractivity contribution in [2.45, 2.75) is 38.6 Å². The van der Waals surface area contributed by atoms with E-state index in [0.717, 1.165) is 39.3 Å². The second-order valence-electron chi connectivity index (χ2n) is 6.23. The van der Waals surface area contributed by atoms with Crippen LogP contribution in [0.3, 0.4) is 0 Å². The van der Waals surface area contributed by atoms with Gasteiger partial charge in [-0.3, -0.25) is 4.79 Å². The number of amides is 1. The van der Waals surface area contributed by atoms with Gasteiger partial charge < -0.3 is 5.32 Å². The van der Waals surface area contributed by atoms with E-state index in [1.54, 1.807) is 0 Å². The Bertz CT molecular complexity index is 908. The lowest BCUT2D eigenvalue weighted by Crippen LogP contribution is -2.31. The highest BCUT2D eigenvalue weighted by Gasteiger charge is 2.21.